The number of piperidine rings is 1. The van der Waals surface area contributed by atoms with Crippen LogP contribution in [0.1, 0.15) is 47.4 Å². The maximum atomic E-state index is 12.6. The Morgan fingerprint density at radius 2 is 2.28 bits per heavy atom. The van der Waals surface area contributed by atoms with Crippen molar-refractivity contribution in [2.24, 2.45) is 7.05 Å². The van der Waals surface area contributed by atoms with Crippen molar-refractivity contribution in [3.63, 3.8) is 0 Å². The van der Waals surface area contributed by atoms with Gasteiger partial charge in [0.2, 0.25) is 0 Å². The van der Waals surface area contributed by atoms with Gasteiger partial charge in [0.1, 0.15) is 0 Å². The van der Waals surface area contributed by atoms with Crippen molar-refractivity contribution in [1.82, 2.24) is 35.0 Å². The van der Waals surface area contributed by atoms with Crippen LogP contribution in [0.4, 0.5) is 0 Å². The highest BCUT2D eigenvalue weighted by atomic mass is 16.2. The minimum Gasteiger partial charge on any atom is -0.336 e. The molecule has 2 aromatic rings. The Hall–Kier alpha value is -2.22. The number of amides is 1. The van der Waals surface area contributed by atoms with Crippen LogP contribution in [0.3, 0.4) is 0 Å². The molecule has 8 nitrogen and oxygen atoms in total. The van der Waals surface area contributed by atoms with Crippen molar-refractivity contribution >= 4 is 5.91 Å². The van der Waals surface area contributed by atoms with Gasteiger partial charge in [-0.3, -0.25) is 14.2 Å². The first-order valence-corrected chi connectivity index (χ1v) is 8.91. The number of hydrogen-bond donors (Lipinski definition) is 1. The van der Waals surface area contributed by atoms with Gasteiger partial charge in [-0.25, -0.2) is 0 Å². The summed E-state index contributed by atoms with van der Waals surface area (Å²) in [6.45, 7) is 4.39. The molecule has 0 unspecified atom stereocenters. The summed E-state index contributed by atoms with van der Waals surface area (Å²) < 4.78 is 3.58. The molecule has 1 aliphatic heterocycles. The molecule has 2 aromatic heterocycles. The summed E-state index contributed by atoms with van der Waals surface area (Å²) in [6, 6.07) is 0.549. The fourth-order valence-corrected chi connectivity index (χ4v) is 3.19. The highest BCUT2D eigenvalue weighted by molar-refractivity contribution is 5.91. The van der Waals surface area contributed by atoms with Gasteiger partial charge in [0.25, 0.3) is 5.91 Å². The number of hydrogen-bond acceptors (Lipinski definition) is 5. The van der Waals surface area contributed by atoms with Crippen LogP contribution < -0.4 is 5.32 Å². The number of aromatic nitrogens is 5. The van der Waals surface area contributed by atoms with Gasteiger partial charge in [0.15, 0.2) is 5.69 Å². The van der Waals surface area contributed by atoms with Crippen LogP contribution >= 0.6 is 0 Å². The Kier molecular flexibility index (Phi) is 5.47. The van der Waals surface area contributed by atoms with E-state index in [1.54, 1.807) is 29.0 Å². The molecule has 0 aliphatic carbocycles. The molecule has 0 saturated carbocycles. The summed E-state index contributed by atoms with van der Waals surface area (Å²) in [6.07, 6.45) is 8.33. The Morgan fingerprint density at radius 3 is 2.96 bits per heavy atom. The van der Waals surface area contributed by atoms with Crippen LogP contribution in [-0.2, 0) is 20.1 Å². The fraction of sp³-hybridized carbons (Fsp3) is 0.647. The van der Waals surface area contributed by atoms with Crippen molar-refractivity contribution in [2.75, 3.05) is 13.6 Å². The van der Waals surface area contributed by atoms with Gasteiger partial charge in [0, 0.05) is 44.5 Å². The molecule has 1 fully saturated rings. The van der Waals surface area contributed by atoms with Gasteiger partial charge in [-0.15, -0.1) is 5.10 Å². The number of carbonyl (C=O) groups is 1. The molecule has 25 heavy (non-hydrogen) atoms. The van der Waals surface area contributed by atoms with E-state index in [9.17, 15) is 4.79 Å². The summed E-state index contributed by atoms with van der Waals surface area (Å²) in [5.74, 6) is -0.120. The third-order valence-corrected chi connectivity index (χ3v) is 4.97. The lowest BCUT2D eigenvalue weighted by Gasteiger charge is -2.23. The molecule has 3 rings (SSSR count). The number of nitrogens with one attached hydrogen (secondary N) is 1. The van der Waals surface area contributed by atoms with Crippen molar-refractivity contribution in [1.29, 1.82) is 0 Å². The highest BCUT2D eigenvalue weighted by Crippen LogP contribution is 2.12. The Labute approximate surface area is 148 Å². The van der Waals surface area contributed by atoms with Gasteiger partial charge >= 0.3 is 0 Å². The molecular weight excluding hydrogens is 318 g/mol. The second-order valence-electron chi connectivity index (χ2n) is 6.84. The van der Waals surface area contributed by atoms with Gasteiger partial charge < -0.3 is 10.2 Å². The van der Waals surface area contributed by atoms with Crippen molar-refractivity contribution in [2.45, 2.75) is 51.7 Å². The lowest BCUT2D eigenvalue weighted by Crippen LogP contribution is -2.34. The fourth-order valence-electron chi connectivity index (χ4n) is 3.19. The average Bonchev–Trinajstić information content (AvgIpc) is 3.22. The van der Waals surface area contributed by atoms with Crippen LogP contribution in [0.15, 0.2) is 12.4 Å². The molecule has 0 spiro atoms. The maximum Gasteiger partial charge on any atom is 0.276 e. The molecule has 0 radical (unpaired) electrons. The monoisotopic (exact) mass is 345 g/mol. The van der Waals surface area contributed by atoms with Gasteiger partial charge in [-0.2, -0.15) is 5.10 Å². The lowest BCUT2D eigenvalue weighted by atomic mass is 10.0. The van der Waals surface area contributed by atoms with Crippen molar-refractivity contribution < 1.29 is 4.79 Å². The maximum absolute atomic E-state index is 12.6. The zero-order chi connectivity index (χ0) is 17.8. The third-order valence-electron chi connectivity index (χ3n) is 4.97. The molecule has 0 bridgehead atoms. The molecule has 1 aliphatic rings. The topological polar surface area (TPSA) is 80.9 Å². The largest absolute Gasteiger partial charge is 0.336 e. The molecule has 1 N–H and O–H groups in total. The molecule has 1 amide bonds. The standard InChI is InChI=1S/C17H27N7O/c1-13-14(10-19-23(13)3)11-22(2)17(25)16-12-24(21-20-16)9-7-15-6-4-5-8-18-15/h10,12,15,18H,4-9,11H2,1-3H3/t15-/m1/s1. The minimum absolute atomic E-state index is 0.120. The zero-order valence-electron chi connectivity index (χ0n) is 15.3. The smallest absolute Gasteiger partial charge is 0.276 e. The van der Waals surface area contributed by atoms with E-state index in [0.29, 0.717) is 18.3 Å². The van der Waals surface area contributed by atoms with Crippen LogP contribution in [-0.4, -0.2) is 55.2 Å². The van der Waals surface area contributed by atoms with Crippen LogP contribution in [0.2, 0.25) is 0 Å². The van der Waals surface area contributed by atoms with E-state index >= 15 is 0 Å². The van der Waals surface area contributed by atoms with E-state index in [0.717, 1.165) is 30.8 Å². The van der Waals surface area contributed by atoms with Crippen molar-refractivity contribution in [3.8, 4) is 0 Å². The summed E-state index contributed by atoms with van der Waals surface area (Å²) >= 11 is 0. The molecule has 3 heterocycles. The molecule has 136 valence electrons. The molecule has 0 aromatic carbocycles. The molecule has 8 heteroatoms. The Balaban J connectivity index is 1.55. The summed E-state index contributed by atoms with van der Waals surface area (Å²) in [7, 11) is 3.67. The number of nitrogens with zero attached hydrogens (tertiary/aromatic N) is 6. The van der Waals surface area contributed by atoms with E-state index in [-0.39, 0.29) is 5.91 Å². The quantitative estimate of drug-likeness (QED) is 0.849. The number of rotatable bonds is 6. The first-order valence-electron chi connectivity index (χ1n) is 8.91. The summed E-state index contributed by atoms with van der Waals surface area (Å²) in [5.41, 5.74) is 2.48. The first-order chi connectivity index (χ1) is 12.0. The first kappa shape index (κ1) is 17.6. The van der Waals surface area contributed by atoms with Crippen LogP contribution in [0, 0.1) is 6.92 Å². The van der Waals surface area contributed by atoms with Crippen molar-refractivity contribution in [3.05, 3.63) is 29.3 Å². The third kappa shape index (κ3) is 4.25. The van der Waals surface area contributed by atoms with E-state index in [1.807, 2.05) is 18.7 Å². The van der Waals surface area contributed by atoms with E-state index in [2.05, 4.69) is 20.7 Å². The minimum atomic E-state index is -0.120. The average molecular weight is 345 g/mol. The SMILES string of the molecule is Cc1c(CN(C)C(=O)c2cn(CC[C@H]3CCCCN3)nn2)cnn1C. The Bertz CT molecular complexity index is 714. The van der Waals surface area contributed by atoms with Gasteiger partial charge in [-0.05, 0) is 32.7 Å². The highest BCUT2D eigenvalue weighted by Gasteiger charge is 2.18. The summed E-state index contributed by atoms with van der Waals surface area (Å²) in [4.78, 5) is 14.2. The van der Waals surface area contributed by atoms with Crippen LogP contribution in [0.25, 0.3) is 0 Å². The second kappa shape index (κ2) is 7.77. The van der Waals surface area contributed by atoms with E-state index < -0.39 is 0 Å². The number of carbonyl (C=O) groups excluding carboxylic acids is 1. The molecule has 1 saturated heterocycles. The predicted molar refractivity (Wildman–Crippen MR) is 94.0 cm³/mol. The Morgan fingerprint density at radius 1 is 1.44 bits per heavy atom. The van der Waals surface area contributed by atoms with Gasteiger partial charge in [-0.1, -0.05) is 11.6 Å². The summed E-state index contributed by atoms with van der Waals surface area (Å²) in [5, 5.41) is 15.9. The molecular formula is C17H27N7O. The lowest BCUT2D eigenvalue weighted by molar-refractivity contribution is 0.0779. The van der Waals surface area contributed by atoms with Gasteiger partial charge in [0.05, 0.1) is 12.4 Å². The normalized spacial score (nSPS) is 17.6. The second-order valence-corrected chi connectivity index (χ2v) is 6.84. The van der Waals surface area contributed by atoms with Crippen LogP contribution in [0.5, 0.6) is 0 Å². The zero-order valence-corrected chi connectivity index (χ0v) is 15.3. The number of aryl methyl sites for hydroxylation is 2. The van der Waals surface area contributed by atoms with E-state index in [1.165, 1.54) is 19.3 Å². The predicted octanol–water partition coefficient (Wildman–Crippen LogP) is 1.12. The molecule has 1 atom stereocenters. The van der Waals surface area contributed by atoms with E-state index in [4.69, 9.17) is 0 Å².